The second kappa shape index (κ2) is 9.10. The van der Waals surface area contributed by atoms with Crippen LogP contribution in [0.1, 0.15) is 12.7 Å². The van der Waals surface area contributed by atoms with Crippen molar-refractivity contribution in [1.82, 2.24) is 9.97 Å². The Morgan fingerprint density at radius 1 is 0.964 bits per heavy atom. The van der Waals surface area contributed by atoms with Crippen LogP contribution in [0.25, 0.3) is 10.9 Å². The molecule has 7 heteroatoms. The molecular weight excluding hydrogens is 376 g/mol. The zero-order valence-corrected chi connectivity index (χ0v) is 16.2. The zero-order chi connectivity index (χ0) is 18.5. The van der Waals surface area contributed by atoms with Gasteiger partial charge in [0.15, 0.2) is 0 Å². The van der Waals surface area contributed by atoms with E-state index in [9.17, 15) is 0 Å². The summed E-state index contributed by atoms with van der Waals surface area (Å²) in [5.74, 6) is 2.97. The van der Waals surface area contributed by atoms with Gasteiger partial charge in [0.25, 0.3) is 0 Å². The molecule has 28 heavy (non-hydrogen) atoms. The van der Waals surface area contributed by atoms with E-state index in [2.05, 4.69) is 20.6 Å². The van der Waals surface area contributed by atoms with Crippen molar-refractivity contribution in [3.63, 3.8) is 0 Å². The third-order valence-electron chi connectivity index (χ3n) is 4.03. The molecular formula is C21H21ClN4O2. The predicted molar refractivity (Wildman–Crippen MR) is 114 cm³/mol. The highest BCUT2D eigenvalue weighted by molar-refractivity contribution is 5.90. The molecule has 4 rings (SSSR count). The van der Waals surface area contributed by atoms with E-state index in [-0.39, 0.29) is 12.4 Å². The summed E-state index contributed by atoms with van der Waals surface area (Å²) in [4.78, 5) is 9.27. The minimum Gasteiger partial charge on any atom is -0.494 e. The lowest BCUT2D eigenvalue weighted by Gasteiger charge is -2.11. The van der Waals surface area contributed by atoms with Gasteiger partial charge in [-0.25, -0.2) is 4.98 Å². The topological polar surface area (TPSA) is 72.2 Å². The van der Waals surface area contributed by atoms with Crippen molar-refractivity contribution in [2.45, 2.75) is 13.5 Å². The molecule has 0 fully saturated rings. The van der Waals surface area contributed by atoms with E-state index in [0.717, 1.165) is 33.9 Å². The SMILES string of the molecule is CCOc1ccc(Nc2nc(NCc3ccco3)c3ccccc3n2)cc1.Cl. The van der Waals surface area contributed by atoms with Gasteiger partial charge in [0.05, 0.1) is 24.9 Å². The smallest absolute Gasteiger partial charge is 0.229 e. The van der Waals surface area contributed by atoms with Crippen LogP contribution >= 0.6 is 12.4 Å². The van der Waals surface area contributed by atoms with Crippen LogP contribution in [0.2, 0.25) is 0 Å². The number of benzene rings is 2. The summed E-state index contributed by atoms with van der Waals surface area (Å²) in [5, 5.41) is 7.55. The number of para-hydroxylation sites is 1. The van der Waals surface area contributed by atoms with Crippen LogP contribution in [0.4, 0.5) is 17.5 Å². The lowest BCUT2D eigenvalue weighted by atomic mass is 10.2. The minimum atomic E-state index is 0. The Labute approximate surface area is 169 Å². The van der Waals surface area contributed by atoms with Gasteiger partial charge in [-0.1, -0.05) is 12.1 Å². The first kappa shape index (κ1) is 19.5. The number of aromatic nitrogens is 2. The van der Waals surface area contributed by atoms with Crippen molar-refractivity contribution in [1.29, 1.82) is 0 Å². The van der Waals surface area contributed by atoms with Gasteiger partial charge in [0.2, 0.25) is 5.95 Å². The van der Waals surface area contributed by atoms with Crippen molar-refractivity contribution >= 4 is 40.8 Å². The average Bonchev–Trinajstić information content (AvgIpc) is 3.21. The summed E-state index contributed by atoms with van der Waals surface area (Å²) >= 11 is 0. The molecule has 2 aromatic carbocycles. The number of rotatable bonds is 7. The summed E-state index contributed by atoms with van der Waals surface area (Å²) in [6, 6.07) is 19.4. The van der Waals surface area contributed by atoms with Gasteiger partial charge in [0, 0.05) is 11.1 Å². The second-order valence-corrected chi connectivity index (χ2v) is 5.93. The van der Waals surface area contributed by atoms with E-state index in [4.69, 9.17) is 9.15 Å². The van der Waals surface area contributed by atoms with Gasteiger partial charge >= 0.3 is 0 Å². The normalized spacial score (nSPS) is 10.3. The van der Waals surface area contributed by atoms with E-state index in [1.54, 1.807) is 6.26 Å². The molecule has 6 nitrogen and oxygen atoms in total. The quantitative estimate of drug-likeness (QED) is 0.435. The van der Waals surface area contributed by atoms with Crippen LogP contribution in [-0.2, 0) is 6.54 Å². The summed E-state index contributed by atoms with van der Waals surface area (Å²) in [7, 11) is 0. The number of hydrogen-bond acceptors (Lipinski definition) is 6. The molecule has 0 bridgehead atoms. The van der Waals surface area contributed by atoms with Gasteiger partial charge in [-0.3, -0.25) is 0 Å². The standard InChI is InChI=1S/C21H20N4O2.ClH/c1-2-26-16-11-9-15(10-12-16)23-21-24-19-8-4-3-7-18(19)20(25-21)22-14-17-6-5-13-27-17;/h3-13H,2,14H2,1H3,(H2,22,23,24,25);1H. The van der Waals surface area contributed by atoms with Crippen LogP contribution < -0.4 is 15.4 Å². The number of fused-ring (bicyclic) bond motifs is 1. The first-order valence-electron chi connectivity index (χ1n) is 8.85. The predicted octanol–water partition coefficient (Wildman–Crippen LogP) is 5.40. The molecule has 2 aromatic heterocycles. The molecule has 0 saturated carbocycles. The summed E-state index contributed by atoms with van der Waals surface area (Å²) in [6.07, 6.45) is 1.66. The first-order valence-corrected chi connectivity index (χ1v) is 8.85. The Morgan fingerprint density at radius 3 is 2.54 bits per heavy atom. The van der Waals surface area contributed by atoms with Crippen LogP contribution in [0.3, 0.4) is 0 Å². The van der Waals surface area contributed by atoms with E-state index >= 15 is 0 Å². The first-order chi connectivity index (χ1) is 13.3. The molecule has 0 aliphatic rings. The molecule has 0 radical (unpaired) electrons. The van der Waals surface area contributed by atoms with Crippen molar-refractivity contribution in [3.8, 4) is 5.75 Å². The Hall–Kier alpha value is -3.25. The molecule has 0 aliphatic heterocycles. The summed E-state index contributed by atoms with van der Waals surface area (Å²) in [6.45, 7) is 3.16. The highest BCUT2D eigenvalue weighted by Crippen LogP contribution is 2.25. The van der Waals surface area contributed by atoms with Crippen LogP contribution in [0, 0.1) is 0 Å². The highest BCUT2D eigenvalue weighted by Gasteiger charge is 2.08. The number of nitrogens with one attached hydrogen (secondary N) is 2. The second-order valence-electron chi connectivity index (χ2n) is 5.93. The number of ether oxygens (including phenoxy) is 1. The summed E-state index contributed by atoms with van der Waals surface area (Å²) in [5.41, 5.74) is 1.76. The average molecular weight is 397 g/mol. The lowest BCUT2D eigenvalue weighted by molar-refractivity contribution is 0.340. The van der Waals surface area contributed by atoms with Gasteiger partial charge in [-0.2, -0.15) is 4.98 Å². The Bertz CT molecular complexity index is 1020. The number of halogens is 1. The fourth-order valence-electron chi connectivity index (χ4n) is 2.78. The van der Waals surface area contributed by atoms with Crippen molar-refractivity contribution < 1.29 is 9.15 Å². The molecule has 2 N–H and O–H groups in total. The fourth-order valence-corrected chi connectivity index (χ4v) is 2.78. The third-order valence-corrected chi connectivity index (χ3v) is 4.03. The maximum absolute atomic E-state index is 5.48. The molecule has 0 atom stereocenters. The Kier molecular flexibility index (Phi) is 6.34. The number of hydrogen-bond donors (Lipinski definition) is 2. The van der Waals surface area contributed by atoms with E-state index in [1.165, 1.54) is 0 Å². The molecule has 4 aromatic rings. The minimum absolute atomic E-state index is 0. The third kappa shape index (κ3) is 4.53. The van der Waals surface area contributed by atoms with Crippen molar-refractivity contribution in [2.24, 2.45) is 0 Å². The molecule has 2 heterocycles. The van der Waals surface area contributed by atoms with E-state index in [0.29, 0.717) is 19.1 Å². The maximum Gasteiger partial charge on any atom is 0.229 e. The Balaban J connectivity index is 0.00000225. The molecule has 0 amide bonds. The molecule has 0 aliphatic carbocycles. The van der Waals surface area contributed by atoms with Gasteiger partial charge in [0.1, 0.15) is 17.3 Å². The number of nitrogens with zero attached hydrogens (tertiary/aromatic N) is 2. The van der Waals surface area contributed by atoms with Crippen LogP contribution in [0.5, 0.6) is 5.75 Å². The fraction of sp³-hybridized carbons (Fsp3) is 0.143. The van der Waals surface area contributed by atoms with Crippen LogP contribution in [0.15, 0.2) is 71.3 Å². The van der Waals surface area contributed by atoms with Crippen molar-refractivity contribution in [2.75, 3.05) is 17.2 Å². The monoisotopic (exact) mass is 396 g/mol. The molecule has 144 valence electrons. The van der Waals surface area contributed by atoms with Crippen LogP contribution in [-0.4, -0.2) is 16.6 Å². The Morgan fingerprint density at radius 2 is 1.79 bits per heavy atom. The molecule has 0 spiro atoms. The van der Waals surface area contributed by atoms with E-state index in [1.807, 2.05) is 67.6 Å². The van der Waals surface area contributed by atoms with Gasteiger partial charge in [-0.05, 0) is 55.5 Å². The maximum atomic E-state index is 5.48. The summed E-state index contributed by atoms with van der Waals surface area (Å²) < 4.78 is 10.9. The number of anilines is 3. The molecule has 0 unspecified atom stereocenters. The number of furan rings is 1. The molecule has 0 saturated heterocycles. The van der Waals surface area contributed by atoms with E-state index < -0.39 is 0 Å². The van der Waals surface area contributed by atoms with Gasteiger partial charge < -0.3 is 19.8 Å². The lowest BCUT2D eigenvalue weighted by Crippen LogP contribution is -2.05. The van der Waals surface area contributed by atoms with Crippen molar-refractivity contribution in [3.05, 3.63) is 72.7 Å². The highest BCUT2D eigenvalue weighted by atomic mass is 35.5. The van der Waals surface area contributed by atoms with Gasteiger partial charge in [-0.15, -0.1) is 12.4 Å². The zero-order valence-electron chi connectivity index (χ0n) is 15.4. The largest absolute Gasteiger partial charge is 0.494 e.